The van der Waals surface area contributed by atoms with Crippen molar-refractivity contribution in [3.05, 3.63) is 76.8 Å². The largest absolute Gasteiger partial charge is 0.355 e. The Bertz CT molecular complexity index is 1140. The Morgan fingerprint density at radius 3 is 2.46 bits per heavy atom. The van der Waals surface area contributed by atoms with E-state index in [1.165, 1.54) is 0 Å². The van der Waals surface area contributed by atoms with E-state index in [0.29, 0.717) is 11.5 Å². The molecule has 7 heteroatoms. The molecular formula is C21H18BrN5O. The van der Waals surface area contributed by atoms with Crippen LogP contribution in [0.4, 0.5) is 23.0 Å². The summed E-state index contributed by atoms with van der Waals surface area (Å²) >= 11 is 3.43. The fourth-order valence-corrected chi connectivity index (χ4v) is 3.13. The second-order valence-electron chi connectivity index (χ2n) is 6.23. The molecule has 1 amide bonds. The highest BCUT2D eigenvalue weighted by Gasteiger charge is 2.07. The molecule has 0 fully saturated rings. The van der Waals surface area contributed by atoms with Gasteiger partial charge in [0.25, 0.3) is 5.91 Å². The first-order valence-electron chi connectivity index (χ1n) is 8.72. The monoisotopic (exact) mass is 435 g/mol. The molecule has 140 valence electrons. The van der Waals surface area contributed by atoms with Gasteiger partial charge in [-0.05, 0) is 60.7 Å². The van der Waals surface area contributed by atoms with Crippen LogP contribution < -0.4 is 16.0 Å². The summed E-state index contributed by atoms with van der Waals surface area (Å²) in [7, 11) is 1.62. The number of rotatable bonds is 5. The Kier molecular flexibility index (Phi) is 4.99. The summed E-state index contributed by atoms with van der Waals surface area (Å²) in [6.45, 7) is 0. The minimum atomic E-state index is -0.115. The number of nitrogens with zero attached hydrogens (tertiary/aromatic N) is 1. The van der Waals surface area contributed by atoms with Gasteiger partial charge in [-0.2, -0.15) is 0 Å². The van der Waals surface area contributed by atoms with Crippen LogP contribution in [0.2, 0.25) is 0 Å². The van der Waals surface area contributed by atoms with Gasteiger partial charge >= 0.3 is 0 Å². The number of benzene rings is 3. The molecule has 0 aliphatic heterocycles. The lowest BCUT2D eigenvalue weighted by molar-refractivity contribution is 0.0963. The van der Waals surface area contributed by atoms with Crippen LogP contribution in [0.1, 0.15) is 10.4 Å². The molecule has 0 aliphatic rings. The fraction of sp³-hybridized carbons (Fsp3) is 0.0476. The van der Waals surface area contributed by atoms with Crippen LogP contribution in [0.3, 0.4) is 0 Å². The maximum absolute atomic E-state index is 11.8. The van der Waals surface area contributed by atoms with Crippen molar-refractivity contribution in [1.29, 1.82) is 0 Å². The molecule has 3 aromatic carbocycles. The number of amides is 1. The number of aromatic amines is 1. The molecule has 0 radical (unpaired) electrons. The lowest BCUT2D eigenvalue weighted by atomic mass is 10.2. The first kappa shape index (κ1) is 18.1. The second-order valence-corrected chi connectivity index (χ2v) is 7.15. The molecule has 4 N–H and O–H groups in total. The van der Waals surface area contributed by atoms with E-state index in [2.05, 4.69) is 41.8 Å². The summed E-state index contributed by atoms with van der Waals surface area (Å²) in [5.41, 5.74) is 5.08. The van der Waals surface area contributed by atoms with Gasteiger partial charge in [-0.25, -0.2) is 4.98 Å². The number of nitrogens with one attached hydrogen (secondary N) is 4. The number of imidazole rings is 1. The maximum atomic E-state index is 11.8. The summed E-state index contributed by atoms with van der Waals surface area (Å²) in [4.78, 5) is 19.7. The molecule has 28 heavy (non-hydrogen) atoms. The number of halogens is 1. The van der Waals surface area contributed by atoms with Crippen LogP contribution in [-0.2, 0) is 0 Å². The third kappa shape index (κ3) is 3.99. The third-order valence-corrected chi connectivity index (χ3v) is 4.76. The number of anilines is 4. The normalized spacial score (nSPS) is 10.6. The van der Waals surface area contributed by atoms with Crippen molar-refractivity contribution in [3.8, 4) is 0 Å². The second kappa shape index (κ2) is 7.74. The van der Waals surface area contributed by atoms with Crippen molar-refractivity contribution in [2.45, 2.75) is 0 Å². The number of hydrogen-bond donors (Lipinski definition) is 4. The number of aromatic nitrogens is 2. The predicted octanol–water partition coefficient (Wildman–Crippen LogP) is 5.17. The summed E-state index contributed by atoms with van der Waals surface area (Å²) in [5, 5.41) is 9.22. The third-order valence-electron chi connectivity index (χ3n) is 4.23. The molecule has 4 rings (SSSR count). The SMILES string of the molecule is CNC(=O)c1cccc(Nc2ccc3nc(Nc4ccc(Br)cc4)[nH]c3c2)c1. The molecule has 0 aliphatic carbocycles. The first-order chi connectivity index (χ1) is 13.6. The summed E-state index contributed by atoms with van der Waals surface area (Å²) in [6, 6.07) is 21.2. The molecule has 0 spiro atoms. The van der Waals surface area contributed by atoms with Gasteiger partial charge in [0.15, 0.2) is 0 Å². The summed E-state index contributed by atoms with van der Waals surface area (Å²) < 4.78 is 1.03. The zero-order valence-corrected chi connectivity index (χ0v) is 16.7. The molecule has 1 heterocycles. The van der Waals surface area contributed by atoms with Gasteiger partial charge in [-0.3, -0.25) is 4.79 Å². The topological polar surface area (TPSA) is 81.8 Å². The molecule has 0 bridgehead atoms. The van der Waals surface area contributed by atoms with E-state index in [9.17, 15) is 4.79 Å². The minimum Gasteiger partial charge on any atom is -0.355 e. The van der Waals surface area contributed by atoms with Crippen LogP contribution in [0.5, 0.6) is 0 Å². The average molecular weight is 436 g/mol. The molecular weight excluding hydrogens is 418 g/mol. The van der Waals surface area contributed by atoms with Gasteiger partial charge < -0.3 is 20.9 Å². The molecule has 6 nitrogen and oxygen atoms in total. The molecule has 1 aromatic heterocycles. The van der Waals surface area contributed by atoms with Crippen LogP contribution >= 0.6 is 15.9 Å². The maximum Gasteiger partial charge on any atom is 0.251 e. The highest BCUT2D eigenvalue weighted by atomic mass is 79.9. The minimum absolute atomic E-state index is 0.115. The quantitative estimate of drug-likeness (QED) is 0.348. The van der Waals surface area contributed by atoms with Crippen LogP contribution in [0.25, 0.3) is 11.0 Å². The number of carbonyl (C=O) groups is 1. The van der Waals surface area contributed by atoms with Crippen LogP contribution in [-0.4, -0.2) is 22.9 Å². The van der Waals surface area contributed by atoms with E-state index in [0.717, 1.165) is 32.6 Å². The van der Waals surface area contributed by atoms with E-state index in [1.54, 1.807) is 13.1 Å². The highest BCUT2D eigenvalue weighted by Crippen LogP contribution is 2.24. The Balaban J connectivity index is 1.55. The number of fused-ring (bicyclic) bond motifs is 1. The summed E-state index contributed by atoms with van der Waals surface area (Å²) in [5.74, 6) is 0.562. The Hall–Kier alpha value is -3.32. The molecule has 0 saturated heterocycles. The Labute approximate surface area is 170 Å². The van der Waals surface area contributed by atoms with E-state index in [4.69, 9.17) is 0 Å². The Morgan fingerprint density at radius 1 is 0.929 bits per heavy atom. The van der Waals surface area contributed by atoms with Crippen molar-refractivity contribution >= 4 is 55.9 Å². The molecule has 0 saturated carbocycles. The van der Waals surface area contributed by atoms with E-state index in [1.807, 2.05) is 60.7 Å². The van der Waals surface area contributed by atoms with Crippen LogP contribution in [0, 0.1) is 0 Å². The molecule has 0 unspecified atom stereocenters. The van der Waals surface area contributed by atoms with Gasteiger partial charge in [-0.1, -0.05) is 22.0 Å². The van der Waals surface area contributed by atoms with E-state index < -0.39 is 0 Å². The lowest BCUT2D eigenvalue weighted by Crippen LogP contribution is -2.17. The van der Waals surface area contributed by atoms with Gasteiger partial charge in [0.1, 0.15) is 0 Å². The van der Waals surface area contributed by atoms with Crippen LogP contribution in [0.15, 0.2) is 71.2 Å². The standard InChI is InChI=1S/C21H18BrN5O/c1-23-20(28)13-3-2-4-16(11-13)24-17-9-10-18-19(12-17)27-21(26-18)25-15-7-5-14(22)6-8-15/h2-12,24H,1H3,(H,23,28)(H2,25,26,27). The van der Waals surface area contributed by atoms with Crippen molar-refractivity contribution in [2.75, 3.05) is 17.7 Å². The van der Waals surface area contributed by atoms with Crippen molar-refractivity contribution < 1.29 is 4.79 Å². The summed E-state index contributed by atoms with van der Waals surface area (Å²) in [6.07, 6.45) is 0. The van der Waals surface area contributed by atoms with E-state index >= 15 is 0 Å². The average Bonchev–Trinajstić information content (AvgIpc) is 3.11. The highest BCUT2D eigenvalue weighted by molar-refractivity contribution is 9.10. The number of carbonyl (C=O) groups excluding carboxylic acids is 1. The lowest BCUT2D eigenvalue weighted by Gasteiger charge is -2.08. The van der Waals surface area contributed by atoms with Gasteiger partial charge in [-0.15, -0.1) is 0 Å². The Morgan fingerprint density at radius 2 is 1.68 bits per heavy atom. The van der Waals surface area contributed by atoms with Gasteiger partial charge in [0.2, 0.25) is 5.95 Å². The first-order valence-corrected chi connectivity index (χ1v) is 9.51. The van der Waals surface area contributed by atoms with Crippen molar-refractivity contribution in [2.24, 2.45) is 0 Å². The number of hydrogen-bond acceptors (Lipinski definition) is 4. The van der Waals surface area contributed by atoms with E-state index in [-0.39, 0.29) is 5.91 Å². The van der Waals surface area contributed by atoms with Crippen molar-refractivity contribution in [3.63, 3.8) is 0 Å². The fourth-order valence-electron chi connectivity index (χ4n) is 2.87. The number of H-pyrrole nitrogens is 1. The smallest absolute Gasteiger partial charge is 0.251 e. The zero-order valence-electron chi connectivity index (χ0n) is 15.1. The van der Waals surface area contributed by atoms with Gasteiger partial charge in [0.05, 0.1) is 11.0 Å². The molecule has 4 aromatic rings. The molecule has 0 atom stereocenters. The van der Waals surface area contributed by atoms with Crippen molar-refractivity contribution in [1.82, 2.24) is 15.3 Å². The predicted molar refractivity (Wildman–Crippen MR) is 117 cm³/mol. The van der Waals surface area contributed by atoms with Gasteiger partial charge in [0, 0.05) is 34.1 Å². The zero-order chi connectivity index (χ0) is 19.5.